The van der Waals surface area contributed by atoms with Crippen LogP contribution in [0.3, 0.4) is 0 Å². The van der Waals surface area contributed by atoms with E-state index in [2.05, 4.69) is 10.3 Å². The van der Waals surface area contributed by atoms with Crippen LogP contribution in [0.2, 0.25) is 0 Å². The van der Waals surface area contributed by atoms with Crippen molar-refractivity contribution in [3.63, 3.8) is 0 Å². The molecule has 1 aliphatic heterocycles. The largest absolute Gasteiger partial charge is 0.501 e. The van der Waals surface area contributed by atoms with E-state index >= 15 is 0 Å². The number of hydrogen-bond donors (Lipinski definition) is 3. The number of rotatable bonds is 6. The maximum absolute atomic E-state index is 13.7. The van der Waals surface area contributed by atoms with Gasteiger partial charge in [-0.25, -0.2) is 9.37 Å². The Morgan fingerprint density at radius 3 is 2.77 bits per heavy atom. The van der Waals surface area contributed by atoms with E-state index in [4.69, 9.17) is 10.1 Å². The van der Waals surface area contributed by atoms with E-state index in [0.717, 1.165) is 12.1 Å². The van der Waals surface area contributed by atoms with Crippen LogP contribution in [0.25, 0.3) is 0 Å². The zero-order valence-corrected chi connectivity index (χ0v) is 17.4. The maximum Gasteiger partial charge on any atom is 0.296 e. The number of nitrogens with one attached hydrogen (secondary N) is 2. The standard InChI is InChI=1S/C21H23FN4O5/c1-11(23)8-15(27)14-9-13(22)5-4-12(14)10-24-18(29)16-17(28)19(30)26-6-7-31-21(2,3)20(26)25-16/h4-5,9,23,28H,6-8,10H2,1-3H3,(H,24,29). The van der Waals surface area contributed by atoms with Crippen LogP contribution in [0.4, 0.5) is 4.39 Å². The summed E-state index contributed by atoms with van der Waals surface area (Å²) in [6, 6.07) is 3.55. The number of aromatic hydroxyl groups is 1. The smallest absolute Gasteiger partial charge is 0.296 e. The molecule has 3 rings (SSSR count). The first-order chi connectivity index (χ1) is 14.5. The Hall–Kier alpha value is -3.40. The summed E-state index contributed by atoms with van der Waals surface area (Å²) < 4.78 is 20.5. The molecule has 1 aliphatic rings. The van der Waals surface area contributed by atoms with Crippen molar-refractivity contribution in [3.05, 3.63) is 57.0 Å². The number of carbonyl (C=O) groups excluding carboxylic acids is 2. The minimum atomic E-state index is -0.929. The molecule has 3 N–H and O–H groups in total. The Morgan fingerprint density at radius 2 is 2.10 bits per heavy atom. The van der Waals surface area contributed by atoms with Gasteiger partial charge in [-0.05, 0) is 38.5 Å². The minimum absolute atomic E-state index is 0.0455. The van der Waals surface area contributed by atoms with Crippen LogP contribution in [-0.4, -0.2) is 38.7 Å². The molecular formula is C21H23FN4O5. The number of halogens is 1. The van der Waals surface area contributed by atoms with Crippen LogP contribution in [0.1, 0.15) is 59.4 Å². The molecule has 31 heavy (non-hydrogen) atoms. The zero-order chi connectivity index (χ0) is 22.9. The van der Waals surface area contributed by atoms with Gasteiger partial charge in [-0.1, -0.05) is 6.07 Å². The molecule has 2 aromatic rings. The van der Waals surface area contributed by atoms with Gasteiger partial charge >= 0.3 is 0 Å². The quantitative estimate of drug-likeness (QED) is 0.473. The van der Waals surface area contributed by atoms with E-state index in [1.165, 1.54) is 17.6 Å². The summed E-state index contributed by atoms with van der Waals surface area (Å²) in [7, 11) is 0. The van der Waals surface area contributed by atoms with Crippen LogP contribution in [0.5, 0.6) is 5.75 Å². The second-order valence-electron chi connectivity index (χ2n) is 7.81. The molecular weight excluding hydrogens is 407 g/mol. The highest BCUT2D eigenvalue weighted by Gasteiger charge is 2.34. The Labute approximate surface area is 177 Å². The third-order valence-corrected chi connectivity index (χ3v) is 4.91. The maximum atomic E-state index is 13.7. The molecule has 2 heterocycles. The van der Waals surface area contributed by atoms with Crippen LogP contribution in [-0.2, 0) is 23.4 Å². The number of benzene rings is 1. The average molecular weight is 430 g/mol. The van der Waals surface area contributed by atoms with Gasteiger partial charge in [0.1, 0.15) is 17.2 Å². The molecule has 0 atom stereocenters. The normalized spacial score (nSPS) is 14.6. The first-order valence-electron chi connectivity index (χ1n) is 9.63. The third kappa shape index (κ3) is 4.53. The van der Waals surface area contributed by atoms with Crippen molar-refractivity contribution in [2.24, 2.45) is 0 Å². The number of ether oxygens (including phenoxy) is 1. The summed E-state index contributed by atoms with van der Waals surface area (Å²) in [4.78, 5) is 41.7. The van der Waals surface area contributed by atoms with Crippen molar-refractivity contribution in [3.8, 4) is 5.75 Å². The molecule has 1 amide bonds. The second kappa shape index (κ2) is 8.38. The Morgan fingerprint density at radius 1 is 1.39 bits per heavy atom. The first-order valence-corrected chi connectivity index (χ1v) is 9.63. The number of hydrogen-bond acceptors (Lipinski definition) is 7. The highest BCUT2D eigenvalue weighted by molar-refractivity contribution is 6.09. The summed E-state index contributed by atoms with van der Waals surface area (Å²) in [5.41, 5.74) is -1.63. The Balaban J connectivity index is 1.89. The lowest BCUT2D eigenvalue weighted by molar-refractivity contribution is -0.0566. The molecule has 0 unspecified atom stereocenters. The van der Waals surface area contributed by atoms with Gasteiger partial charge in [-0.15, -0.1) is 0 Å². The third-order valence-electron chi connectivity index (χ3n) is 4.91. The lowest BCUT2D eigenvalue weighted by Crippen LogP contribution is -2.42. The highest BCUT2D eigenvalue weighted by atomic mass is 19.1. The van der Waals surface area contributed by atoms with Crippen molar-refractivity contribution >= 4 is 17.4 Å². The van der Waals surface area contributed by atoms with Gasteiger partial charge < -0.3 is 20.6 Å². The van der Waals surface area contributed by atoms with Gasteiger partial charge in [0.2, 0.25) is 5.75 Å². The number of amides is 1. The molecule has 0 radical (unpaired) electrons. The predicted molar refractivity (Wildman–Crippen MR) is 109 cm³/mol. The van der Waals surface area contributed by atoms with Gasteiger partial charge in [0.25, 0.3) is 11.5 Å². The molecule has 0 bridgehead atoms. The molecule has 0 aliphatic carbocycles. The van der Waals surface area contributed by atoms with Crippen LogP contribution < -0.4 is 10.9 Å². The van der Waals surface area contributed by atoms with E-state index in [-0.39, 0.29) is 43.2 Å². The Kier molecular flexibility index (Phi) is 6.03. The predicted octanol–water partition coefficient (Wildman–Crippen LogP) is 1.90. The van der Waals surface area contributed by atoms with Gasteiger partial charge in [0.05, 0.1) is 13.2 Å². The van der Waals surface area contributed by atoms with E-state index < -0.39 is 40.1 Å². The molecule has 1 aromatic carbocycles. The van der Waals surface area contributed by atoms with Crippen molar-refractivity contribution in [1.82, 2.24) is 14.9 Å². The summed E-state index contributed by atoms with van der Waals surface area (Å²) in [5, 5.41) is 20.2. The number of nitrogens with zero attached hydrogens (tertiary/aromatic N) is 2. The van der Waals surface area contributed by atoms with E-state index in [0.29, 0.717) is 5.56 Å². The highest BCUT2D eigenvalue weighted by Crippen LogP contribution is 2.27. The van der Waals surface area contributed by atoms with E-state index in [1.807, 2.05) is 0 Å². The topological polar surface area (TPSA) is 134 Å². The van der Waals surface area contributed by atoms with Gasteiger partial charge in [-0.3, -0.25) is 19.0 Å². The fraction of sp³-hybridized carbons (Fsp3) is 0.381. The summed E-state index contributed by atoms with van der Waals surface area (Å²) in [5.74, 6) is -2.47. The lowest BCUT2D eigenvalue weighted by Gasteiger charge is -2.32. The number of Topliss-reactive ketones (excluding diaryl/α,β-unsaturated/α-hetero) is 1. The molecule has 0 saturated heterocycles. The van der Waals surface area contributed by atoms with Gasteiger partial charge in [0.15, 0.2) is 11.5 Å². The molecule has 10 heteroatoms. The van der Waals surface area contributed by atoms with Gasteiger partial charge in [-0.2, -0.15) is 0 Å². The van der Waals surface area contributed by atoms with Crippen LogP contribution >= 0.6 is 0 Å². The molecule has 9 nitrogen and oxygen atoms in total. The number of ketones is 1. The Bertz CT molecular complexity index is 1140. The SMILES string of the molecule is CC(=N)CC(=O)c1cc(F)ccc1CNC(=O)c1nc2n(c(=O)c1O)CCOC2(C)C. The summed E-state index contributed by atoms with van der Waals surface area (Å²) in [6.45, 7) is 5.16. The monoisotopic (exact) mass is 430 g/mol. The molecule has 0 saturated carbocycles. The zero-order valence-electron chi connectivity index (χ0n) is 17.4. The average Bonchev–Trinajstić information content (AvgIpc) is 2.69. The van der Waals surface area contributed by atoms with Crippen molar-refractivity contribution in [2.75, 3.05) is 6.61 Å². The first kappa shape index (κ1) is 22.3. The fourth-order valence-corrected chi connectivity index (χ4v) is 3.38. The molecule has 0 fully saturated rings. The summed E-state index contributed by atoms with van der Waals surface area (Å²) in [6.07, 6.45) is -0.177. The van der Waals surface area contributed by atoms with Crippen molar-refractivity contribution in [1.29, 1.82) is 5.41 Å². The number of aromatic nitrogens is 2. The lowest BCUT2D eigenvalue weighted by atomic mass is 10.00. The molecule has 164 valence electrons. The molecule has 1 aromatic heterocycles. The van der Waals surface area contributed by atoms with Crippen LogP contribution in [0.15, 0.2) is 23.0 Å². The van der Waals surface area contributed by atoms with Crippen LogP contribution in [0, 0.1) is 11.2 Å². The van der Waals surface area contributed by atoms with Crippen molar-refractivity contribution < 1.29 is 23.8 Å². The van der Waals surface area contributed by atoms with Gasteiger partial charge in [0, 0.05) is 24.2 Å². The fourth-order valence-electron chi connectivity index (χ4n) is 3.38. The van der Waals surface area contributed by atoms with Crippen molar-refractivity contribution in [2.45, 2.75) is 45.9 Å². The minimum Gasteiger partial charge on any atom is -0.501 e. The summed E-state index contributed by atoms with van der Waals surface area (Å²) >= 11 is 0. The van der Waals surface area contributed by atoms with E-state index in [9.17, 15) is 23.9 Å². The second-order valence-corrected chi connectivity index (χ2v) is 7.81. The van der Waals surface area contributed by atoms with E-state index in [1.54, 1.807) is 13.8 Å². The number of carbonyl (C=O) groups is 2. The molecule has 0 spiro atoms. The number of fused-ring (bicyclic) bond motifs is 1.